The number of guanidine groups is 1. The van der Waals surface area contributed by atoms with Gasteiger partial charge >= 0.3 is 0 Å². The van der Waals surface area contributed by atoms with Gasteiger partial charge in [0.25, 0.3) is 0 Å². The summed E-state index contributed by atoms with van der Waals surface area (Å²) in [6.07, 6.45) is 5.41. The van der Waals surface area contributed by atoms with Crippen LogP contribution in [-0.2, 0) is 0 Å². The van der Waals surface area contributed by atoms with Gasteiger partial charge in [0.05, 0.1) is 24.5 Å². The summed E-state index contributed by atoms with van der Waals surface area (Å²) in [6, 6.07) is 10.3. The molecule has 0 saturated carbocycles. The smallest absolute Gasteiger partial charge is 0.202 e. The molecule has 1 fully saturated rings. The van der Waals surface area contributed by atoms with Crippen LogP contribution in [0.2, 0.25) is 0 Å². The molecule has 2 aliphatic heterocycles. The second-order valence-electron chi connectivity index (χ2n) is 6.67. The minimum Gasteiger partial charge on any atom is -0.496 e. The van der Waals surface area contributed by atoms with Crippen LogP contribution in [-0.4, -0.2) is 66.1 Å². The molecular formula is C20H24N6O. The summed E-state index contributed by atoms with van der Waals surface area (Å²) < 4.78 is 5.55. The van der Waals surface area contributed by atoms with E-state index in [1.807, 2.05) is 18.2 Å². The van der Waals surface area contributed by atoms with Crippen LogP contribution in [0, 0.1) is 0 Å². The number of piperazine rings is 1. The highest BCUT2D eigenvalue weighted by Gasteiger charge is 2.28. The maximum Gasteiger partial charge on any atom is 0.202 e. The number of para-hydroxylation sites is 1. The summed E-state index contributed by atoms with van der Waals surface area (Å²) >= 11 is 0. The standard InChI is InChI=1S/C20H24N6O/c1-25-11-8-17(16-7-9-21-14-23-16)24-20(25)26-12-10-22-18(13-26)15-5-3-4-6-19(15)27-2/h3-9,14,18,22H,10-13H2,1-2H3. The van der Waals surface area contributed by atoms with E-state index < -0.39 is 0 Å². The van der Waals surface area contributed by atoms with Crippen molar-refractivity contribution >= 4 is 11.7 Å². The van der Waals surface area contributed by atoms with Crippen LogP contribution < -0.4 is 10.1 Å². The summed E-state index contributed by atoms with van der Waals surface area (Å²) in [5, 5.41) is 3.61. The van der Waals surface area contributed by atoms with Gasteiger partial charge in [0.15, 0.2) is 0 Å². The van der Waals surface area contributed by atoms with E-state index in [0.29, 0.717) is 0 Å². The van der Waals surface area contributed by atoms with Crippen molar-refractivity contribution in [2.24, 2.45) is 4.99 Å². The lowest BCUT2D eigenvalue weighted by Crippen LogP contribution is -2.53. The van der Waals surface area contributed by atoms with Crippen LogP contribution in [0.25, 0.3) is 5.70 Å². The molecule has 0 amide bonds. The van der Waals surface area contributed by atoms with Gasteiger partial charge in [-0.2, -0.15) is 0 Å². The van der Waals surface area contributed by atoms with Gasteiger partial charge in [0.2, 0.25) is 5.96 Å². The normalized spacial score (nSPS) is 20.1. The molecule has 1 aromatic heterocycles. The summed E-state index contributed by atoms with van der Waals surface area (Å²) in [5.41, 5.74) is 2.93. The van der Waals surface area contributed by atoms with Gasteiger partial charge in [-0.25, -0.2) is 15.0 Å². The Labute approximate surface area is 159 Å². The van der Waals surface area contributed by atoms with Crippen LogP contribution in [0.15, 0.2) is 53.9 Å². The van der Waals surface area contributed by atoms with Gasteiger partial charge in [-0.05, 0) is 18.2 Å². The first kappa shape index (κ1) is 17.5. The van der Waals surface area contributed by atoms with Crippen molar-refractivity contribution in [2.45, 2.75) is 6.04 Å². The fourth-order valence-electron chi connectivity index (χ4n) is 3.55. The van der Waals surface area contributed by atoms with Crippen LogP contribution in [0.4, 0.5) is 0 Å². The van der Waals surface area contributed by atoms with Gasteiger partial charge in [-0.1, -0.05) is 18.2 Å². The maximum atomic E-state index is 5.55. The molecule has 0 bridgehead atoms. The summed E-state index contributed by atoms with van der Waals surface area (Å²) in [5.74, 6) is 1.89. The molecule has 1 N–H and O–H groups in total. The minimum absolute atomic E-state index is 0.194. The number of likely N-dealkylation sites (N-methyl/N-ethyl adjacent to an activating group) is 1. The minimum atomic E-state index is 0.194. The number of nitrogens with zero attached hydrogens (tertiary/aromatic N) is 5. The van der Waals surface area contributed by atoms with Gasteiger partial charge in [-0.3, -0.25) is 0 Å². The first-order chi connectivity index (χ1) is 13.3. The Morgan fingerprint density at radius 3 is 2.93 bits per heavy atom. The highest BCUT2D eigenvalue weighted by atomic mass is 16.5. The molecule has 0 spiro atoms. The SMILES string of the molecule is COc1ccccc1C1CN(C2=NC(c3ccncn3)=CCN2C)CCN1. The molecule has 7 heteroatoms. The second kappa shape index (κ2) is 7.75. The fraction of sp³-hybridized carbons (Fsp3) is 0.350. The van der Waals surface area contributed by atoms with Crippen LogP contribution >= 0.6 is 0 Å². The molecule has 1 saturated heterocycles. The molecule has 3 heterocycles. The van der Waals surface area contributed by atoms with E-state index >= 15 is 0 Å². The molecule has 27 heavy (non-hydrogen) atoms. The maximum absolute atomic E-state index is 5.55. The number of hydrogen-bond acceptors (Lipinski definition) is 7. The van der Waals surface area contributed by atoms with Crippen molar-refractivity contribution in [1.82, 2.24) is 25.1 Å². The Hall–Kier alpha value is -2.93. The van der Waals surface area contributed by atoms with E-state index in [-0.39, 0.29) is 6.04 Å². The van der Waals surface area contributed by atoms with Crippen LogP contribution in [0.3, 0.4) is 0 Å². The predicted octanol–water partition coefficient (Wildman–Crippen LogP) is 1.77. The van der Waals surface area contributed by atoms with Gasteiger partial charge < -0.3 is 19.9 Å². The number of benzene rings is 1. The molecule has 1 aromatic carbocycles. The number of hydrogen-bond donors (Lipinski definition) is 1. The average Bonchev–Trinajstić information content (AvgIpc) is 2.75. The first-order valence-electron chi connectivity index (χ1n) is 9.14. The van der Waals surface area contributed by atoms with Crippen molar-refractivity contribution in [3.63, 3.8) is 0 Å². The Bertz CT molecular complexity index is 851. The monoisotopic (exact) mass is 364 g/mol. The lowest BCUT2D eigenvalue weighted by molar-refractivity contribution is 0.262. The highest BCUT2D eigenvalue weighted by Crippen LogP contribution is 2.28. The topological polar surface area (TPSA) is 65.9 Å². The summed E-state index contributed by atoms with van der Waals surface area (Å²) in [4.78, 5) is 17.8. The zero-order chi connectivity index (χ0) is 18.6. The average molecular weight is 364 g/mol. The van der Waals surface area contributed by atoms with E-state index in [1.165, 1.54) is 5.56 Å². The Balaban J connectivity index is 1.58. The third-order valence-electron chi connectivity index (χ3n) is 4.94. The quantitative estimate of drug-likeness (QED) is 0.896. The number of methoxy groups -OCH3 is 1. The number of rotatable bonds is 3. The molecule has 1 atom stereocenters. The molecule has 2 aliphatic rings. The number of aromatic nitrogens is 2. The van der Waals surface area contributed by atoms with Crippen molar-refractivity contribution < 1.29 is 4.74 Å². The molecule has 4 rings (SSSR count). The summed E-state index contributed by atoms with van der Waals surface area (Å²) in [6.45, 7) is 3.44. The molecule has 1 unspecified atom stereocenters. The highest BCUT2D eigenvalue weighted by molar-refractivity contribution is 5.88. The largest absolute Gasteiger partial charge is 0.496 e. The number of ether oxygens (including phenoxy) is 1. The molecule has 0 aliphatic carbocycles. The van der Waals surface area contributed by atoms with E-state index in [2.05, 4.69) is 50.3 Å². The first-order valence-corrected chi connectivity index (χ1v) is 9.14. The second-order valence-corrected chi connectivity index (χ2v) is 6.67. The van der Waals surface area contributed by atoms with E-state index in [1.54, 1.807) is 19.6 Å². The molecule has 2 aromatic rings. The Morgan fingerprint density at radius 2 is 2.11 bits per heavy atom. The van der Waals surface area contributed by atoms with Crippen molar-refractivity contribution in [1.29, 1.82) is 0 Å². The van der Waals surface area contributed by atoms with E-state index in [4.69, 9.17) is 9.73 Å². The van der Waals surface area contributed by atoms with Crippen LogP contribution in [0.5, 0.6) is 5.75 Å². The van der Waals surface area contributed by atoms with E-state index in [9.17, 15) is 0 Å². The summed E-state index contributed by atoms with van der Waals surface area (Å²) in [7, 11) is 3.80. The van der Waals surface area contributed by atoms with Crippen molar-refractivity contribution in [3.8, 4) is 5.75 Å². The van der Waals surface area contributed by atoms with Crippen molar-refractivity contribution in [2.75, 3.05) is 40.3 Å². The van der Waals surface area contributed by atoms with Gasteiger partial charge in [0.1, 0.15) is 12.1 Å². The third-order valence-corrected chi connectivity index (χ3v) is 4.94. The van der Waals surface area contributed by atoms with Gasteiger partial charge in [0, 0.05) is 45.0 Å². The molecule has 140 valence electrons. The van der Waals surface area contributed by atoms with Crippen LogP contribution in [0.1, 0.15) is 17.3 Å². The zero-order valence-electron chi connectivity index (χ0n) is 15.7. The third kappa shape index (κ3) is 3.64. The Kier molecular flexibility index (Phi) is 5.02. The number of aliphatic imine (C=N–C) groups is 1. The fourth-order valence-corrected chi connectivity index (χ4v) is 3.55. The Morgan fingerprint density at radius 1 is 1.22 bits per heavy atom. The predicted molar refractivity (Wildman–Crippen MR) is 105 cm³/mol. The molecular weight excluding hydrogens is 340 g/mol. The van der Waals surface area contributed by atoms with Crippen molar-refractivity contribution in [3.05, 3.63) is 60.2 Å². The lowest BCUT2D eigenvalue weighted by Gasteiger charge is -2.40. The molecule has 7 nitrogen and oxygen atoms in total. The van der Waals surface area contributed by atoms with E-state index in [0.717, 1.165) is 49.3 Å². The molecule has 0 radical (unpaired) electrons. The number of nitrogens with one attached hydrogen (secondary N) is 1. The zero-order valence-corrected chi connectivity index (χ0v) is 15.7. The van der Waals surface area contributed by atoms with Gasteiger partial charge in [-0.15, -0.1) is 0 Å². The lowest BCUT2D eigenvalue weighted by atomic mass is 10.0.